The first-order chi connectivity index (χ1) is 6.53. The lowest BCUT2D eigenvalue weighted by atomic mass is 9.76. The molecule has 0 N–H and O–H groups in total. The summed E-state index contributed by atoms with van der Waals surface area (Å²) in [6, 6.07) is 0. The number of methoxy groups -OCH3 is 1. The predicted molar refractivity (Wildman–Crippen MR) is 48.5 cm³/mol. The molecule has 0 bridgehead atoms. The van der Waals surface area contributed by atoms with Crippen LogP contribution in [0.1, 0.15) is 19.8 Å². The van der Waals surface area contributed by atoms with E-state index in [1.807, 2.05) is 0 Å². The Morgan fingerprint density at radius 2 is 2.14 bits per heavy atom. The van der Waals surface area contributed by atoms with Crippen molar-refractivity contribution < 1.29 is 19.1 Å². The van der Waals surface area contributed by atoms with Crippen molar-refractivity contribution in [2.75, 3.05) is 7.11 Å². The monoisotopic (exact) mass is 196 g/mol. The van der Waals surface area contributed by atoms with E-state index >= 15 is 0 Å². The number of carbonyl (C=O) groups excluding carboxylic acids is 3. The number of allylic oxidation sites excluding steroid dienone is 1. The molecule has 0 heterocycles. The average Bonchev–Trinajstić information content (AvgIpc) is 2.18. The third-order valence-electron chi connectivity index (χ3n) is 2.50. The van der Waals surface area contributed by atoms with Crippen molar-refractivity contribution >= 4 is 17.5 Å². The molecule has 0 aromatic heterocycles. The number of ether oxygens (including phenoxy) is 1. The van der Waals surface area contributed by atoms with Crippen molar-refractivity contribution in [3.63, 3.8) is 0 Å². The van der Waals surface area contributed by atoms with E-state index in [0.717, 1.165) is 0 Å². The van der Waals surface area contributed by atoms with Gasteiger partial charge >= 0.3 is 5.97 Å². The molecule has 0 saturated heterocycles. The van der Waals surface area contributed by atoms with Gasteiger partial charge in [0.2, 0.25) is 0 Å². The summed E-state index contributed by atoms with van der Waals surface area (Å²) in [5.74, 6) is -0.937. The Morgan fingerprint density at radius 3 is 2.50 bits per heavy atom. The number of carbonyl (C=O) groups is 3. The lowest BCUT2D eigenvalue weighted by molar-refractivity contribution is -0.154. The largest absolute Gasteiger partial charge is 0.468 e. The van der Waals surface area contributed by atoms with Crippen LogP contribution < -0.4 is 0 Å². The first-order valence-corrected chi connectivity index (χ1v) is 4.34. The van der Waals surface area contributed by atoms with E-state index in [4.69, 9.17) is 0 Å². The Balaban J connectivity index is 3.07. The van der Waals surface area contributed by atoms with Crippen LogP contribution in [0, 0.1) is 5.41 Å². The number of ketones is 2. The molecule has 0 saturated carbocycles. The van der Waals surface area contributed by atoms with Crippen LogP contribution in [-0.2, 0) is 19.1 Å². The molecular weight excluding hydrogens is 184 g/mol. The Morgan fingerprint density at radius 1 is 1.50 bits per heavy atom. The Hall–Kier alpha value is -1.45. The molecule has 0 aromatic carbocycles. The minimum atomic E-state index is -1.23. The number of rotatable bonds is 2. The Bertz CT molecular complexity index is 316. The number of Topliss-reactive ketones (excluding diaryl/α,β-unsaturated/α-hetero) is 1. The van der Waals surface area contributed by atoms with Crippen LogP contribution in [0.4, 0.5) is 0 Å². The van der Waals surface area contributed by atoms with Gasteiger partial charge in [-0.05, 0) is 19.4 Å². The van der Waals surface area contributed by atoms with E-state index in [-0.39, 0.29) is 24.4 Å². The molecule has 0 radical (unpaired) electrons. The lowest BCUT2D eigenvalue weighted by Gasteiger charge is -2.26. The maximum absolute atomic E-state index is 11.4. The topological polar surface area (TPSA) is 60.4 Å². The van der Waals surface area contributed by atoms with Crippen LogP contribution in [-0.4, -0.2) is 24.6 Å². The van der Waals surface area contributed by atoms with Gasteiger partial charge in [-0.3, -0.25) is 14.4 Å². The predicted octanol–water partition coefficient (Wildman–Crippen LogP) is 0.654. The molecule has 0 amide bonds. The van der Waals surface area contributed by atoms with E-state index in [1.54, 1.807) is 0 Å². The zero-order valence-electron chi connectivity index (χ0n) is 8.20. The van der Waals surface area contributed by atoms with Crippen LogP contribution in [0.2, 0.25) is 0 Å². The van der Waals surface area contributed by atoms with Crippen molar-refractivity contribution in [3.8, 4) is 0 Å². The van der Waals surface area contributed by atoms with E-state index in [1.165, 1.54) is 26.2 Å². The standard InChI is InChI=1S/C10H12O4/c1-7(11)10(9(13)14-2)5-3-8(12)4-6-10/h3,5H,4,6H2,1-2H3. The second-order valence-corrected chi connectivity index (χ2v) is 3.32. The van der Waals surface area contributed by atoms with Crippen LogP contribution in [0.5, 0.6) is 0 Å². The highest BCUT2D eigenvalue weighted by molar-refractivity contribution is 6.07. The molecule has 14 heavy (non-hydrogen) atoms. The Kier molecular flexibility index (Phi) is 2.84. The first-order valence-electron chi connectivity index (χ1n) is 4.34. The number of esters is 1. The normalized spacial score (nSPS) is 26.0. The third kappa shape index (κ3) is 1.60. The molecule has 4 heteroatoms. The van der Waals surface area contributed by atoms with Gasteiger partial charge in [-0.15, -0.1) is 0 Å². The highest BCUT2D eigenvalue weighted by Gasteiger charge is 2.43. The SMILES string of the molecule is COC(=O)C1(C(C)=O)C=CC(=O)CC1. The van der Waals surface area contributed by atoms with Gasteiger partial charge in [0.15, 0.2) is 11.6 Å². The summed E-state index contributed by atoms with van der Waals surface area (Å²) in [6.07, 6.45) is 3.06. The summed E-state index contributed by atoms with van der Waals surface area (Å²) in [5, 5.41) is 0. The average molecular weight is 196 g/mol. The van der Waals surface area contributed by atoms with Crippen molar-refractivity contribution in [1.82, 2.24) is 0 Å². The van der Waals surface area contributed by atoms with Crippen LogP contribution in [0.15, 0.2) is 12.2 Å². The molecule has 76 valence electrons. The summed E-state index contributed by atoms with van der Waals surface area (Å²) in [6.45, 7) is 1.33. The van der Waals surface area contributed by atoms with Gasteiger partial charge in [0.05, 0.1) is 7.11 Å². The fraction of sp³-hybridized carbons (Fsp3) is 0.500. The van der Waals surface area contributed by atoms with Gasteiger partial charge in [0, 0.05) is 6.42 Å². The van der Waals surface area contributed by atoms with Gasteiger partial charge in [0.1, 0.15) is 5.41 Å². The number of hydrogen-bond donors (Lipinski definition) is 0. The summed E-state index contributed by atoms with van der Waals surface area (Å²) >= 11 is 0. The minimum Gasteiger partial charge on any atom is -0.468 e. The maximum Gasteiger partial charge on any atom is 0.323 e. The lowest BCUT2D eigenvalue weighted by Crippen LogP contribution is -2.39. The van der Waals surface area contributed by atoms with Gasteiger partial charge in [-0.25, -0.2) is 0 Å². The molecule has 1 atom stereocenters. The number of hydrogen-bond acceptors (Lipinski definition) is 4. The molecule has 0 aliphatic heterocycles. The highest BCUT2D eigenvalue weighted by atomic mass is 16.5. The molecule has 0 spiro atoms. The van der Waals surface area contributed by atoms with E-state index in [9.17, 15) is 14.4 Å². The van der Waals surface area contributed by atoms with Crippen molar-refractivity contribution in [2.45, 2.75) is 19.8 Å². The summed E-state index contributed by atoms with van der Waals surface area (Å²) < 4.78 is 4.57. The van der Waals surface area contributed by atoms with Gasteiger partial charge < -0.3 is 4.74 Å². The highest BCUT2D eigenvalue weighted by Crippen LogP contribution is 2.32. The summed E-state index contributed by atoms with van der Waals surface area (Å²) in [7, 11) is 1.23. The molecule has 1 aliphatic rings. The van der Waals surface area contributed by atoms with Crippen molar-refractivity contribution in [2.24, 2.45) is 5.41 Å². The molecular formula is C10H12O4. The third-order valence-corrected chi connectivity index (χ3v) is 2.50. The Labute approximate surface area is 81.9 Å². The first kappa shape index (κ1) is 10.6. The van der Waals surface area contributed by atoms with Crippen LogP contribution >= 0.6 is 0 Å². The van der Waals surface area contributed by atoms with Crippen LogP contribution in [0.25, 0.3) is 0 Å². The smallest absolute Gasteiger partial charge is 0.323 e. The summed E-state index contributed by atoms with van der Waals surface area (Å²) in [4.78, 5) is 33.7. The molecule has 1 aliphatic carbocycles. The van der Waals surface area contributed by atoms with Gasteiger partial charge in [-0.1, -0.05) is 6.08 Å². The van der Waals surface area contributed by atoms with Crippen molar-refractivity contribution in [3.05, 3.63) is 12.2 Å². The fourth-order valence-corrected chi connectivity index (χ4v) is 1.51. The molecule has 0 aromatic rings. The molecule has 4 nitrogen and oxygen atoms in total. The molecule has 1 unspecified atom stereocenters. The zero-order chi connectivity index (χ0) is 10.8. The van der Waals surface area contributed by atoms with Gasteiger partial charge in [-0.2, -0.15) is 0 Å². The van der Waals surface area contributed by atoms with Gasteiger partial charge in [0.25, 0.3) is 0 Å². The quantitative estimate of drug-likeness (QED) is 0.480. The minimum absolute atomic E-state index is 0.0641. The second kappa shape index (κ2) is 3.74. The zero-order valence-corrected chi connectivity index (χ0v) is 8.20. The molecule has 0 fully saturated rings. The van der Waals surface area contributed by atoms with Crippen LogP contribution in [0.3, 0.4) is 0 Å². The van der Waals surface area contributed by atoms with E-state index in [0.29, 0.717) is 0 Å². The maximum atomic E-state index is 11.4. The van der Waals surface area contributed by atoms with E-state index < -0.39 is 11.4 Å². The summed E-state index contributed by atoms with van der Waals surface area (Å²) in [5.41, 5.74) is -1.23. The molecule has 1 rings (SSSR count). The van der Waals surface area contributed by atoms with Crippen molar-refractivity contribution in [1.29, 1.82) is 0 Å². The van der Waals surface area contributed by atoms with E-state index in [2.05, 4.69) is 4.74 Å². The second-order valence-electron chi connectivity index (χ2n) is 3.32. The fourth-order valence-electron chi connectivity index (χ4n) is 1.51.